The van der Waals surface area contributed by atoms with Crippen LogP contribution in [0.25, 0.3) is 0 Å². The number of methoxy groups -OCH3 is 3. The third-order valence-corrected chi connectivity index (χ3v) is 3.45. The number of alkyl halides is 1. The summed E-state index contributed by atoms with van der Waals surface area (Å²) in [6, 6.07) is 3.77. The van der Waals surface area contributed by atoms with E-state index in [-0.39, 0.29) is 5.41 Å². The van der Waals surface area contributed by atoms with Gasteiger partial charge in [-0.15, -0.1) is 0 Å². The summed E-state index contributed by atoms with van der Waals surface area (Å²) in [6.45, 7) is 5.10. The highest BCUT2D eigenvalue weighted by Crippen LogP contribution is 2.41. The molecular weight excluding hydrogens is 310 g/mol. The molecule has 1 rings (SSSR count). The predicted molar refractivity (Wildman–Crippen MR) is 80.9 cm³/mol. The van der Waals surface area contributed by atoms with E-state index in [1.54, 1.807) is 21.3 Å². The van der Waals surface area contributed by atoms with Crippen LogP contribution in [0.2, 0.25) is 0 Å². The molecule has 108 valence electrons. The molecule has 0 fully saturated rings. The number of ether oxygens (including phenoxy) is 3. The van der Waals surface area contributed by atoms with E-state index in [2.05, 4.69) is 35.1 Å². The maximum atomic E-state index is 5.50. The molecule has 0 spiro atoms. The van der Waals surface area contributed by atoms with Crippen LogP contribution in [0.5, 0.6) is 17.2 Å². The molecule has 1 aromatic rings. The summed E-state index contributed by atoms with van der Waals surface area (Å²) in [5.41, 5.74) is 1.65. The second-order valence-corrected chi connectivity index (χ2v) is 5.41. The lowest BCUT2D eigenvalue weighted by atomic mass is 9.83. The van der Waals surface area contributed by atoms with Crippen molar-refractivity contribution >= 4 is 15.9 Å². The van der Waals surface area contributed by atoms with Gasteiger partial charge in [-0.2, -0.15) is 0 Å². The van der Waals surface area contributed by atoms with Gasteiger partial charge in [0.25, 0.3) is 0 Å². The first kappa shape index (κ1) is 16.1. The summed E-state index contributed by atoms with van der Waals surface area (Å²) in [4.78, 5) is 0. The van der Waals surface area contributed by atoms with Crippen LogP contribution >= 0.6 is 15.9 Å². The summed E-state index contributed by atoms with van der Waals surface area (Å²) in [6.07, 6.45) is 0. The van der Waals surface area contributed by atoms with Gasteiger partial charge in [-0.3, -0.25) is 0 Å². The molecule has 0 aliphatic heterocycles. The maximum absolute atomic E-state index is 5.50. The van der Waals surface area contributed by atoms with E-state index in [0.717, 1.165) is 34.8 Å². The Bertz CT molecular complexity index is 396. The van der Waals surface area contributed by atoms with Gasteiger partial charge < -0.3 is 19.5 Å². The first-order chi connectivity index (χ1) is 9.00. The summed E-state index contributed by atoms with van der Waals surface area (Å²) < 4.78 is 16.3. The van der Waals surface area contributed by atoms with Gasteiger partial charge in [0.1, 0.15) is 17.2 Å². The molecule has 0 aromatic heterocycles. The first-order valence-electron chi connectivity index (χ1n) is 6.07. The number of rotatable bonds is 7. The summed E-state index contributed by atoms with van der Waals surface area (Å²) >= 11 is 3.37. The number of nitrogens with one attached hydrogen (secondary N) is 1. The Morgan fingerprint density at radius 3 is 1.95 bits per heavy atom. The van der Waals surface area contributed by atoms with Crippen LogP contribution in [-0.2, 0) is 5.41 Å². The number of halogens is 1. The van der Waals surface area contributed by atoms with Gasteiger partial charge in [-0.25, -0.2) is 0 Å². The maximum Gasteiger partial charge on any atom is 0.130 e. The molecule has 1 aromatic carbocycles. The zero-order valence-corrected chi connectivity index (χ0v) is 13.8. The van der Waals surface area contributed by atoms with Crippen LogP contribution < -0.4 is 19.5 Å². The van der Waals surface area contributed by atoms with Crippen molar-refractivity contribution in [3.05, 3.63) is 17.7 Å². The lowest BCUT2D eigenvalue weighted by Gasteiger charge is -2.29. The fraction of sp³-hybridized carbons (Fsp3) is 0.571. The van der Waals surface area contributed by atoms with Crippen molar-refractivity contribution in [3.63, 3.8) is 0 Å². The van der Waals surface area contributed by atoms with Crippen LogP contribution in [0.1, 0.15) is 19.4 Å². The van der Waals surface area contributed by atoms with Crippen molar-refractivity contribution in [2.24, 2.45) is 0 Å². The van der Waals surface area contributed by atoms with Crippen LogP contribution in [-0.4, -0.2) is 33.3 Å². The van der Waals surface area contributed by atoms with Gasteiger partial charge in [0.15, 0.2) is 0 Å². The van der Waals surface area contributed by atoms with E-state index in [1.165, 1.54) is 0 Å². The lowest BCUT2D eigenvalue weighted by molar-refractivity contribution is 0.347. The second kappa shape index (κ2) is 7.01. The lowest BCUT2D eigenvalue weighted by Crippen LogP contribution is -2.33. The van der Waals surface area contributed by atoms with Crippen molar-refractivity contribution in [1.82, 2.24) is 5.32 Å². The number of hydrogen-bond acceptors (Lipinski definition) is 4. The molecule has 0 saturated carbocycles. The van der Waals surface area contributed by atoms with Crippen LogP contribution in [0.15, 0.2) is 12.1 Å². The van der Waals surface area contributed by atoms with E-state index in [4.69, 9.17) is 14.2 Å². The minimum absolute atomic E-state index is 0.128. The average Bonchev–Trinajstić information content (AvgIpc) is 2.43. The quantitative estimate of drug-likeness (QED) is 0.616. The van der Waals surface area contributed by atoms with Gasteiger partial charge >= 0.3 is 0 Å². The molecule has 5 heteroatoms. The van der Waals surface area contributed by atoms with E-state index in [1.807, 2.05) is 12.1 Å². The Hall–Kier alpha value is -0.940. The standard InChI is InChI=1S/C14H22BrNO3/c1-14(2,8-16-9-15)13-11(18-4)6-10(17-3)7-12(13)19-5/h6-7,16H,8-9H2,1-5H3. The highest BCUT2D eigenvalue weighted by atomic mass is 79.9. The molecule has 0 heterocycles. The highest BCUT2D eigenvalue weighted by molar-refractivity contribution is 9.09. The topological polar surface area (TPSA) is 39.7 Å². The molecule has 0 aliphatic rings. The van der Waals surface area contributed by atoms with Gasteiger partial charge in [0.05, 0.1) is 26.8 Å². The predicted octanol–water partition coefficient (Wildman–Crippen LogP) is 2.93. The molecule has 0 bridgehead atoms. The molecular formula is C14H22BrNO3. The SMILES string of the molecule is COc1cc(OC)c(C(C)(C)CNCBr)c(OC)c1. The molecule has 0 atom stereocenters. The molecule has 0 aliphatic carbocycles. The number of benzene rings is 1. The van der Waals surface area contributed by atoms with Crippen molar-refractivity contribution in [2.45, 2.75) is 19.3 Å². The summed E-state index contributed by atoms with van der Waals surface area (Å²) in [7, 11) is 4.95. The molecule has 0 radical (unpaired) electrons. The summed E-state index contributed by atoms with van der Waals surface area (Å²) in [5, 5.41) is 3.29. The van der Waals surface area contributed by atoms with Crippen LogP contribution in [0.4, 0.5) is 0 Å². The fourth-order valence-corrected chi connectivity index (χ4v) is 2.32. The zero-order chi connectivity index (χ0) is 14.5. The minimum Gasteiger partial charge on any atom is -0.496 e. The molecule has 1 N–H and O–H groups in total. The molecule has 4 nitrogen and oxygen atoms in total. The van der Waals surface area contributed by atoms with Crippen LogP contribution in [0.3, 0.4) is 0 Å². The van der Waals surface area contributed by atoms with Gasteiger partial charge in [-0.05, 0) is 0 Å². The highest BCUT2D eigenvalue weighted by Gasteiger charge is 2.29. The summed E-state index contributed by atoms with van der Waals surface area (Å²) in [5.74, 6) is 2.27. The Kier molecular flexibility index (Phi) is 5.94. The molecule has 0 saturated heterocycles. The van der Waals surface area contributed by atoms with Gasteiger partial charge in [0, 0.05) is 29.7 Å². The monoisotopic (exact) mass is 331 g/mol. The normalized spacial score (nSPS) is 11.3. The Labute approximate surface area is 123 Å². The van der Waals surface area contributed by atoms with Crippen molar-refractivity contribution in [3.8, 4) is 17.2 Å². The van der Waals surface area contributed by atoms with Crippen molar-refractivity contribution < 1.29 is 14.2 Å². The smallest absolute Gasteiger partial charge is 0.130 e. The Morgan fingerprint density at radius 1 is 1.05 bits per heavy atom. The zero-order valence-electron chi connectivity index (χ0n) is 12.2. The third kappa shape index (κ3) is 3.76. The first-order valence-corrected chi connectivity index (χ1v) is 7.19. The van der Waals surface area contributed by atoms with Gasteiger partial charge in [-0.1, -0.05) is 29.8 Å². The minimum atomic E-state index is -0.128. The number of hydrogen-bond donors (Lipinski definition) is 1. The van der Waals surface area contributed by atoms with E-state index < -0.39 is 0 Å². The Balaban J connectivity index is 3.30. The van der Waals surface area contributed by atoms with Crippen molar-refractivity contribution in [1.29, 1.82) is 0 Å². The van der Waals surface area contributed by atoms with Crippen LogP contribution in [0, 0.1) is 0 Å². The molecule has 0 amide bonds. The third-order valence-electron chi connectivity index (χ3n) is 3.05. The largest absolute Gasteiger partial charge is 0.496 e. The van der Waals surface area contributed by atoms with Crippen molar-refractivity contribution in [2.75, 3.05) is 33.3 Å². The molecule has 19 heavy (non-hydrogen) atoms. The average molecular weight is 332 g/mol. The second-order valence-electron chi connectivity index (χ2n) is 4.85. The Morgan fingerprint density at radius 2 is 1.58 bits per heavy atom. The van der Waals surface area contributed by atoms with E-state index in [9.17, 15) is 0 Å². The van der Waals surface area contributed by atoms with E-state index >= 15 is 0 Å². The molecule has 0 unspecified atom stereocenters. The fourth-order valence-electron chi connectivity index (χ4n) is 2.12. The van der Waals surface area contributed by atoms with E-state index in [0.29, 0.717) is 0 Å². The van der Waals surface area contributed by atoms with Gasteiger partial charge in [0.2, 0.25) is 0 Å².